The first-order valence-corrected chi connectivity index (χ1v) is 9.15. The van der Waals surface area contributed by atoms with Gasteiger partial charge in [-0.3, -0.25) is 9.79 Å². The molecule has 1 saturated carbocycles. The van der Waals surface area contributed by atoms with Crippen LogP contribution in [-0.4, -0.2) is 43.4 Å². The molecular weight excluding hydrogens is 364 g/mol. The molecule has 22 heavy (non-hydrogen) atoms. The van der Waals surface area contributed by atoms with Crippen molar-refractivity contribution in [3.63, 3.8) is 0 Å². The van der Waals surface area contributed by atoms with Gasteiger partial charge in [0.05, 0.1) is 10.3 Å². The van der Waals surface area contributed by atoms with Gasteiger partial charge in [-0.1, -0.05) is 0 Å². The molecule has 1 aromatic rings. The van der Waals surface area contributed by atoms with Crippen molar-refractivity contribution in [1.29, 1.82) is 0 Å². The molecule has 0 aromatic carbocycles. The molecule has 1 amide bonds. The van der Waals surface area contributed by atoms with Crippen molar-refractivity contribution < 1.29 is 4.79 Å². The Hall–Kier alpha value is -1.08. The van der Waals surface area contributed by atoms with Crippen LogP contribution in [0.5, 0.6) is 0 Å². The van der Waals surface area contributed by atoms with Crippen molar-refractivity contribution >= 4 is 39.1 Å². The van der Waals surface area contributed by atoms with Crippen LogP contribution in [0.15, 0.2) is 20.9 Å². The molecule has 1 aliphatic carbocycles. The number of guanidine groups is 1. The van der Waals surface area contributed by atoms with Crippen molar-refractivity contribution in [1.82, 2.24) is 15.5 Å². The highest BCUT2D eigenvalue weighted by Crippen LogP contribution is 2.23. The maximum atomic E-state index is 11.6. The summed E-state index contributed by atoms with van der Waals surface area (Å²) in [4.78, 5) is 19.3. The zero-order valence-corrected chi connectivity index (χ0v) is 15.5. The summed E-state index contributed by atoms with van der Waals surface area (Å²) >= 11 is 5.21. The Kier molecular flexibility index (Phi) is 6.70. The second-order valence-electron chi connectivity index (χ2n) is 5.48. The number of carbonyl (C=O) groups excluding carboxylic acids is 1. The normalized spacial score (nSPS) is 14.8. The van der Waals surface area contributed by atoms with Crippen molar-refractivity contribution in [2.75, 3.05) is 20.6 Å². The smallest absolute Gasteiger partial charge is 0.220 e. The van der Waals surface area contributed by atoms with E-state index in [1.807, 2.05) is 7.05 Å². The van der Waals surface area contributed by atoms with Gasteiger partial charge in [0.2, 0.25) is 5.91 Å². The fraction of sp³-hybridized carbons (Fsp3) is 0.600. The first kappa shape index (κ1) is 17.3. The van der Waals surface area contributed by atoms with Crippen LogP contribution < -0.4 is 10.6 Å². The highest BCUT2D eigenvalue weighted by atomic mass is 79.9. The summed E-state index contributed by atoms with van der Waals surface area (Å²) in [6.45, 7) is 1.57. The van der Waals surface area contributed by atoms with E-state index in [2.05, 4.69) is 48.6 Å². The van der Waals surface area contributed by atoms with E-state index in [9.17, 15) is 4.79 Å². The van der Waals surface area contributed by atoms with Crippen LogP contribution >= 0.6 is 27.3 Å². The average molecular weight is 387 g/mol. The molecule has 0 radical (unpaired) electrons. The van der Waals surface area contributed by atoms with Crippen LogP contribution in [0, 0.1) is 0 Å². The molecule has 1 fully saturated rings. The van der Waals surface area contributed by atoms with E-state index in [1.165, 1.54) is 4.88 Å². The molecule has 122 valence electrons. The van der Waals surface area contributed by atoms with Gasteiger partial charge in [0.1, 0.15) is 0 Å². The van der Waals surface area contributed by atoms with Gasteiger partial charge < -0.3 is 15.5 Å². The molecule has 0 bridgehead atoms. The number of hydrogen-bond acceptors (Lipinski definition) is 3. The summed E-state index contributed by atoms with van der Waals surface area (Å²) in [6, 6.07) is 4.62. The predicted molar refractivity (Wildman–Crippen MR) is 95.2 cm³/mol. The Balaban J connectivity index is 1.66. The zero-order valence-electron chi connectivity index (χ0n) is 13.1. The third-order valence-electron chi connectivity index (χ3n) is 3.40. The minimum atomic E-state index is 0.163. The van der Waals surface area contributed by atoms with E-state index in [4.69, 9.17) is 0 Å². The molecule has 0 aliphatic heterocycles. The summed E-state index contributed by atoms with van der Waals surface area (Å²) in [5.41, 5.74) is 0. The van der Waals surface area contributed by atoms with Crippen molar-refractivity contribution in [2.45, 2.75) is 38.3 Å². The van der Waals surface area contributed by atoms with Crippen LogP contribution in [0.4, 0.5) is 0 Å². The second kappa shape index (κ2) is 8.53. The number of hydrogen-bond donors (Lipinski definition) is 2. The van der Waals surface area contributed by atoms with Crippen LogP contribution in [0.3, 0.4) is 0 Å². The van der Waals surface area contributed by atoms with Gasteiger partial charge in [-0.25, -0.2) is 0 Å². The molecule has 2 N–H and O–H groups in total. The van der Waals surface area contributed by atoms with Crippen LogP contribution in [0.25, 0.3) is 0 Å². The number of nitrogens with zero attached hydrogens (tertiary/aromatic N) is 2. The fourth-order valence-electron chi connectivity index (χ4n) is 2.11. The third-order valence-corrected chi connectivity index (χ3v) is 5.01. The zero-order chi connectivity index (χ0) is 15.9. The fourth-order valence-corrected chi connectivity index (χ4v) is 3.64. The number of amides is 1. The first-order chi connectivity index (χ1) is 10.6. The Bertz CT molecular complexity index is 527. The summed E-state index contributed by atoms with van der Waals surface area (Å²) in [5, 5.41) is 6.31. The lowest BCUT2D eigenvalue weighted by Crippen LogP contribution is -2.39. The quantitative estimate of drug-likeness (QED) is 0.430. The summed E-state index contributed by atoms with van der Waals surface area (Å²) < 4.78 is 1.14. The van der Waals surface area contributed by atoms with E-state index < -0.39 is 0 Å². The van der Waals surface area contributed by atoms with Crippen LogP contribution in [0.1, 0.15) is 30.6 Å². The average Bonchev–Trinajstić information content (AvgIpc) is 3.19. The largest absolute Gasteiger partial charge is 0.356 e. The van der Waals surface area contributed by atoms with Gasteiger partial charge in [-0.15, -0.1) is 11.3 Å². The molecule has 5 nitrogen and oxygen atoms in total. The minimum absolute atomic E-state index is 0.163. The maximum absolute atomic E-state index is 11.6. The van der Waals surface area contributed by atoms with Crippen molar-refractivity contribution in [3.05, 3.63) is 20.8 Å². The summed E-state index contributed by atoms with van der Waals surface area (Å²) in [6.07, 6.45) is 3.67. The molecule has 0 atom stereocenters. The SMILES string of the molecule is CN=C(NCCCC(=O)NC1CC1)N(C)Cc1ccc(Br)s1. The third kappa shape index (κ3) is 5.96. The van der Waals surface area contributed by atoms with Gasteiger partial charge in [0.25, 0.3) is 0 Å². The monoisotopic (exact) mass is 386 g/mol. The van der Waals surface area contributed by atoms with Gasteiger partial charge >= 0.3 is 0 Å². The molecule has 1 heterocycles. The van der Waals surface area contributed by atoms with Gasteiger partial charge in [0.15, 0.2) is 5.96 Å². The predicted octanol–water partition coefficient (Wildman–Crippen LogP) is 2.58. The molecule has 1 aliphatic rings. The van der Waals surface area contributed by atoms with E-state index in [0.717, 1.165) is 42.1 Å². The lowest BCUT2D eigenvalue weighted by molar-refractivity contribution is -0.121. The Morgan fingerprint density at radius 2 is 2.27 bits per heavy atom. The Morgan fingerprint density at radius 3 is 2.86 bits per heavy atom. The number of rotatable bonds is 7. The number of carbonyl (C=O) groups is 1. The molecule has 1 aromatic heterocycles. The standard InChI is InChI=1S/C15H23BrN4OS/c1-17-15(20(2)10-12-7-8-13(16)22-12)18-9-3-4-14(21)19-11-5-6-11/h7-8,11H,3-6,9-10H2,1-2H3,(H,17,18)(H,19,21). The maximum Gasteiger partial charge on any atom is 0.220 e. The van der Waals surface area contributed by atoms with E-state index in [0.29, 0.717) is 12.5 Å². The number of halogens is 1. The highest BCUT2D eigenvalue weighted by molar-refractivity contribution is 9.11. The number of thiophene rings is 1. The molecular formula is C15H23BrN4OS. The highest BCUT2D eigenvalue weighted by Gasteiger charge is 2.22. The van der Waals surface area contributed by atoms with Crippen LogP contribution in [0.2, 0.25) is 0 Å². The lowest BCUT2D eigenvalue weighted by Gasteiger charge is -2.21. The molecule has 0 spiro atoms. The molecule has 2 rings (SSSR count). The minimum Gasteiger partial charge on any atom is -0.356 e. The molecule has 7 heteroatoms. The lowest BCUT2D eigenvalue weighted by atomic mass is 10.3. The van der Waals surface area contributed by atoms with Crippen LogP contribution in [-0.2, 0) is 11.3 Å². The summed E-state index contributed by atoms with van der Waals surface area (Å²) in [5.74, 6) is 1.02. The summed E-state index contributed by atoms with van der Waals surface area (Å²) in [7, 11) is 3.80. The Labute approximate surface area is 144 Å². The number of nitrogens with one attached hydrogen (secondary N) is 2. The molecule has 0 saturated heterocycles. The second-order valence-corrected chi connectivity index (χ2v) is 8.03. The van der Waals surface area contributed by atoms with Crippen molar-refractivity contribution in [3.8, 4) is 0 Å². The van der Waals surface area contributed by atoms with Gasteiger partial charge in [-0.2, -0.15) is 0 Å². The van der Waals surface area contributed by atoms with Gasteiger partial charge in [-0.05, 0) is 47.3 Å². The number of aliphatic imine (C=N–C) groups is 1. The Morgan fingerprint density at radius 1 is 1.50 bits per heavy atom. The van der Waals surface area contributed by atoms with Crippen molar-refractivity contribution in [2.24, 2.45) is 4.99 Å². The van der Waals surface area contributed by atoms with Gasteiger partial charge in [0, 0.05) is 38.0 Å². The topological polar surface area (TPSA) is 56.7 Å². The molecule has 0 unspecified atom stereocenters. The van der Waals surface area contributed by atoms with E-state index in [1.54, 1.807) is 18.4 Å². The van der Waals surface area contributed by atoms with E-state index >= 15 is 0 Å². The van der Waals surface area contributed by atoms with E-state index in [-0.39, 0.29) is 5.91 Å². The first-order valence-electron chi connectivity index (χ1n) is 7.54.